The minimum absolute atomic E-state index is 0. The molecule has 2 aliphatic rings. The number of hydrogen-bond acceptors (Lipinski definition) is 3. The molecule has 0 spiro atoms. The predicted octanol–water partition coefficient (Wildman–Crippen LogP) is 1.05. The zero-order chi connectivity index (χ0) is 11.4. The van der Waals surface area contributed by atoms with E-state index in [0.29, 0.717) is 11.8 Å². The van der Waals surface area contributed by atoms with E-state index in [2.05, 4.69) is 5.32 Å². The Morgan fingerprint density at radius 2 is 2.06 bits per heavy atom. The summed E-state index contributed by atoms with van der Waals surface area (Å²) in [6.07, 6.45) is 4.33. The van der Waals surface area contributed by atoms with Crippen molar-refractivity contribution >= 4 is 18.3 Å². The standard InChI is InChI=1S/C12H22N2O2.ClH/c1-16-9-10-4-7-14(8-5-10)12(15)11-3-2-6-13-11;/h10-11,13H,2-9H2,1H3;1H. The van der Waals surface area contributed by atoms with Crippen molar-refractivity contribution < 1.29 is 9.53 Å². The number of amides is 1. The first-order valence-electron chi connectivity index (χ1n) is 6.32. The molecule has 2 fully saturated rings. The Bertz CT molecular complexity index is 237. The number of piperidine rings is 1. The number of hydrogen-bond donors (Lipinski definition) is 1. The highest BCUT2D eigenvalue weighted by atomic mass is 35.5. The molecule has 0 saturated carbocycles. The molecule has 2 saturated heterocycles. The number of carbonyl (C=O) groups excluding carboxylic acids is 1. The second-order valence-corrected chi connectivity index (χ2v) is 4.87. The van der Waals surface area contributed by atoms with Crippen molar-refractivity contribution in [2.24, 2.45) is 5.92 Å². The summed E-state index contributed by atoms with van der Waals surface area (Å²) in [6, 6.07) is 0.0963. The molecule has 100 valence electrons. The SMILES string of the molecule is COCC1CCN(C(=O)C2CCCN2)CC1.Cl. The van der Waals surface area contributed by atoms with Gasteiger partial charge in [0.1, 0.15) is 0 Å². The first-order chi connectivity index (χ1) is 7.81. The predicted molar refractivity (Wildman–Crippen MR) is 69.5 cm³/mol. The summed E-state index contributed by atoms with van der Waals surface area (Å²) in [5.74, 6) is 0.957. The smallest absolute Gasteiger partial charge is 0.239 e. The minimum Gasteiger partial charge on any atom is -0.384 e. The fourth-order valence-electron chi connectivity index (χ4n) is 2.67. The van der Waals surface area contributed by atoms with Crippen molar-refractivity contribution in [3.63, 3.8) is 0 Å². The molecule has 0 radical (unpaired) electrons. The van der Waals surface area contributed by atoms with Gasteiger partial charge < -0.3 is 15.0 Å². The molecule has 1 amide bonds. The number of methoxy groups -OCH3 is 1. The monoisotopic (exact) mass is 262 g/mol. The molecule has 0 aliphatic carbocycles. The number of likely N-dealkylation sites (tertiary alicyclic amines) is 1. The number of ether oxygens (including phenoxy) is 1. The number of nitrogens with one attached hydrogen (secondary N) is 1. The van der Waals surface area contributed by atoms with E-state index in [1.165, 1.54) is 0 Å². The summed E-state index contributed by atoms with van der Waals surface area (Å²) in [5.41, 5.74) is 0. The first kappa shape index (κ1) is 14.7. The molecule has 0 aromatic rings. The van der Waals surface area contributed by atoms with Gasteiger partial charge >= 0.3 is 0 Å². The van der Waals surface area contributed by atoms with Gasteiger partial charge in [-0.15, -0.1) is 12.4 Å². The lowest BCUT2D eigenvalue weighted by molar-refractivity contribution is -0.134. The lowest BCUT2D eigenvalue weighted by Crippen LogP contribution is -2.47. The van der Waals surface area contributed by atoms with Crippen molar-refractivity contribution in [1.29, 1.82) is 0 Å². The van der Waals surface area contributed by atoms with Crippen LogP contribution in [0.4, 0.5) is 0 Å². The van der Waals surface area contributed by atoms with Crippen LogP contribution in [0.2, 0.25) is 0 Å². The van der Waals surface area contributed by atoms with Crippen molar-refractivity contribution in [2.45, 2.75) is 31.7 Å². The summed E-state index contributed by atoms with van der Waals surface area (Å²) in [6.45, 7) is 3.65. The Balaban J connectivity index is 0.00000144. The van der Waals surface area contributed by atoms with Crippen LogP contribution >= 0.6 is 12.4 Å². The van der Waals surface area contributed by atoms with Crippen molar-refractivity contribution in [1.82, 2.24) is 10.2 Å². The Morgan fingerprint density at radius 1 is 1.35 bits per heavy atom. The second-order valence-electron chi connectivity index (χ2n) is 4.87. The van der Waals surface area contributed by atoms with Gasteiger partial charge in [0.05, 0.1) is 6.04 Å². The van der Waals surface area contributed by atoms with Crippen molar-refractivity contribution in [2.75, 3.05) is 33.4 Å². The van der Waals surface area contributed by atoms with Crippen LogP contribution in [0.5, 0.6) is 0 Å². The highest BCUT2D eigenvalue weighted by molar-refractivity contribution is 5.85. The van der Waals surface area contributed by atoms with Gasteiger partial charge in [0.15, 0.2) is 0 Å². The Morgan fingerprint density at radius 3 is 2.59 bits per heavy atom. The third kappa shape index (κ3) is 3.83. The van der Waals surface area contributed by atoms with E-state index in [-0.39, 0.29) is 18.4 Å². The van der Waals surface area contributed by atoms with Gasteiger partial charge in [-0.1, -0.05) is 0 Å². The third-order valence-corrected chi connectivity index (χ3v) is 3.69. The van der Waals surface area contributed by atoms with E-state index in [1.807, 2.05) is 4.90 Å². The van der Waals surface area contributed by atoms with Gasteiger partial charge in [-0.05, 0) is 38.1 Å². The molecule has 5 heteroatoms. The maximum Gasteiger partial charge on any atom is 0.239 e. The van der Waals surface area contributed by atoms with Crippen LogP contribution in [0.1, 0.15) is 25.7 Å². The van der Waals surface area contributed by atoms with Gasteiger partial charge in [-0.25, -0.2) is 0 Å². The van der Waals surface area contributed by atoms with E-state index >= 15 is 0 Å². The first-order valence-corrected chi connectivity index (χ1v) is 6.32. The van der Waals surface area contributed by atoms with Crippen molar-refractivity contribution in [3.8, 4) is 0 Å². The molecular weight excluding hydrogens is 240 g/mol. The molecule has 0 bridgehead atoms. The lowest BCUT2D eigenvalue weighted by atomic mass is 9.97. The molecule has 2 heterocycles. The Hall–Kier alpha value is -0.320. The van der Waals surface area contributed by atoms with Crippen LogP contribution in [-0.4, -0.2) is 50.2 Å². The molecule has 2 rings (SSSR count). The highest BCUT2D eigenvalue weighted by Gasteiger charge is 2.29. The fraction of sp³-hybridized carbons (Fsp3) is 0.917. The zero-order valence-electron chi connectivity index (χ0n) is 10.5. The van der Waals surface area contributed by atoms with Gasteiger partial charge in [0.2, 0.25) is 5.91 Å². The highest BCUT2D eigenvalue weighted by Crippen LogP contribution is 2.19. The summed E-state index contributed by atoms with van der Waals surface area (Å²) >= 11 is 0. The normalized spacial score (nSPS) is 25.7. The van der Waals surface area contributed by atoms with Gasteiger partial charge in [0.25, 0.3) is 0 Å². The number of rotatable bonds is 3. The van der Waals surface area contributed by atoms with E-state index in [4.69, 9.17) is 4.74 Å². The molecule has 1 N–H and O–H groups in total. The van der Waals surface area contributed by atoms with Crippen LogP contribution in [0, 0.1) is 5.92 Å². The Kier molecular flexibility index (Phi) is 6.23. The molecule has 2 aliphatic heterocycles. The molecule has 0 aromatic carbocycles. The summed E-state index contributed by atoms with van der Waals surface area (Å²) in [4.78, 5) is 14.1. The fourth-order valence-corrected chi connectivity index (χ4v) is 2.67. The average molecular weight is 263 g/mol. The van der Waals surface area contributed by atoms with E-state index in [1.54, 1.807) is 7.11 Å². The molecule has 1 atom stereocenters. The van der Waals surface area contributed by atoms with Crippen LogP contribution in [0.15, 0.2) is 0 Å². The van der Waals surface area contributed by atoms with Gasteiger partial charge in [-0.3, -0.25) is 4.79 Å². The maximum absolute atomic E-state index is 12.1. The lowest BCUT2D eigenvalue weighted by Gasteiger charge is -2.33. The van der Waals surface area contributed by atoms with Gasteiger partial charge in [-0.2, -0.15) is 0 Å². The average Bonchev–Trinajstić information content (AvgIpc) is 2.83. The zero-order valence-corrected chi connectivity index (χ0v) is 11.3. The quantitative estimate of drug-likeness (QED) is 0.827. The topological polar surface area (TPSA) is 41.6 Å². The third-order valence-electron chi connectivity index (χ3n) is 3.69. The molecule has 4 nitrogen and oxygen atoms in total. The molecule has 1 unspecified atom stereocenters. The van der Waals surface area contributed by atoms with Crippen molar-refractivity contribution in [3.05, 3.63) is 0 Å². The van der Waals surface area contributed by atoms with Crippen LogP contribution in [0.3, 0.4) is 0 Å². The summed E-state index contributed by atoms with van der Waals surface area (Å²) < 4.78 is 5.16. The number of nitrogens with zero attached hydrogens (tertiary/aromatic N) is 1. The van der Waals surface area contributed by atoms with E-state index < -0.39 is 0 Å². The molecule has 0 aromatic heterocycles. The number of carbonyl (C=O) groups is 1. The molecular formula is C12H23ClN2O2. The summed E-state index contributed by atoms with van der Waals surface area (Å²) in [7, 11) is 1.75. The van der Waals surface area contributed by atoms with E-state index in [9.17, 15) is 4.79 Å². The Labute approximate surface area is 109 Å². The van der Waals surface area contributed by atoms with Gasteiger partial charge in [0, 0.05) is 26.8 Å². The van der Waals surface area contributed by atoms with E-state index in [0.717, 1.165) is 51.9 Å². The second kappa shape index (κ2) is 7.19. The number of halogens is 1. The molecule has 17 heavy (non-hydrogen) atoms. The van der Waals surface area contributed by atoms with Crippen LogP contribution in [-0.2, 0) is 9.53 Å². The maximum atomic E-state index is 12.1. The van der Waals surface area contributed by atoms with Crippen LogP contribution in [0.25, 0.3) is 0 Å². The minimum atomic E-state index is 0. The van der Waals surface area contributed by atoms with Crippen LogP contribution < -0.4 is 5.32 Å². The largest absolute Gasteiger partial charge is 0.384 e. The summed E-state index contributed by atoms with van der Waals surface area (Å²) in [5, 5.41) is 3.27.